The van der Waals surface area contributed by atoms with Crippen molar-refractivity contribution < 1.29 is 33.6 Å². The summed E-state index contributed by atoms with van der Waals surface area (Å²) in [6.45, 7) is 2.35. The van der Waals surface area contributed by atoms with E-state index in [4.69, 9.17) is 52.6 Å². The van der Waals surface area contributed by atoms with Gasteiger partial charge >= 0.3 is 5.97 Å². The van der Waals surface area contributed by atoms with Crippen LogP contribution < -0.4 is 5.32 Å². The number of hydrogen-bond donors (Lipinski definition) is 2. The molecule has 1 aromatic rings. The molecular formula is C31H44ClNO7S. The van der Waals surface area contributed by atoms with Crippen LogP contribution in [0.3, 0.4) is 0 Å². The van der Waals surface area contributed by atoms with Crippen LogP contribution in [0.25, 0.3) is 0 Å². The van der Waals surface area contributed by atoms with Gasteiger partial charge in [-0.25, -0.2) is 0 Å². The van der Waals surface area contributed by atoms with Crippen molar-refractivity contribution >= 4 is 35.0 Å². The Morgan fingerprint density at radius 2 is 1.76 bits per heavy atom. The van der Waals surface area contributed by atoms with Gasteiger partial charge in [-0.1, -0.05) is 35.9 Å². The summed E-state index contributed by atoms with van der Waals surface area (Å²) >= 11 is 11.6. The Morgan fingerprint density at radius 3 is 2.39 bits per heavy atom. The van der Waals surface area contributed by atoms with E-state index in [0.29, 0.717) is 36.4 Å². The van der Waals surface area contributed by atoms with E-state index >= 15 is 0 Å². The van der Waals surface area contributed by atoms with Gasteiger partial charge in [0.2, 0.25) is 0 Å². The van der Waals surface area contributed by atoms with Crippen LogP contribution in [-0.2, 0) is 35.0 Å². The second-order valence-corrected chi connectivity index (χ2v) is 11.9. The van der Waals surface area contributed by atoms with Crippen molar-refractivity contribution in [3.8, 4) is 0 Å². The summed E-state index contributed by atoms with van der Waals surface area (Å²) < 4.78 is 31.1. The molecule has 1 saturated carbocycles. The number of carbonyl (C=O) groups is 1. The number of carboxylic acids is 1. The summed E-state index contributed by atoms with van der Waals surface area (Å²) in [6, 6.07) is 7.64. The molecule has 2 saturated heterocycles. The quantitative estimate of drug-likeness (QED) is 0.141. The predicted octanol–water partition coefficient (Wildman–Crippen LogP) is 6.39. The fourth-order valence-electron chi connectivity index (χ4n) is 5.81. The van der Waals surface area contributed by atoms with Crippen LogP contribution in [0.4, 0.5) is 0 Å². The summed E-state index contributed by atoms with van der Waals surface area (Å²) in [4.78, 5) is 10.9. The van der Waals surface area contributed by atoms with Gasteiger partial charge in [0, 0.05) is 43.5 Å². The van der Waals surface area contributed by atoms with Crippen LogP contribution in [0, 0.1) is 11.8 Å². The maximum absolute atomic E-state index is 10.9. The Labute approximate surface area is 254 Å². The second-order valence-electron chi connectivity index (χ2n) is 11.1. The minimum Gasteiger partial charge on any atom is -0.481 e. The summed E-state index contributed by atoms with van der Waals surface area (Å²) in [5.74, 6) is -0.610. The molecule has 3 fully saturated rings. The standard InChI is InChI=1S/C31H44ClNO7S/c32-23-11-9-10-22(18-23)20-33-31(41)38-21-25-24(12-3-1-2-4-13-28(34)35)26(39-29-14-5-7-16-36-29)19-27(25)40-30-15-6-8-17-37-30/h1,3,9-11,18,24-27,29-30H,2,4-8,12-17,19-21H2,(H,33,41)(H,34,35)/b3-1-/t24-,25-,26+,27-,29?,30?/m0/s1. The second kappa shape index (κ2) is 17.4. The molecule has 1 aliphatic carbocycles. The lowest BCUT2D eigenvalue weighted by Crippen LogP contribution is -2.35. The zero-order chi connectivity index (χ0) is 28.9. The molecule has 0 aromatic heterocycles. The number of hydrogen-bond acceptors (Lipinski definition) is 7. The number of halogens is 1. The first-order chi connectivity index (χ1) is 20.0. The fraction of sp³-hybridized carbons (Fsp3) is 0.677. The highest BCUT2D eigenvalue weighted by molar-refractivity contribution is 7.80. The topological polar surface area (TPSA) is 95.5 Å². The number of unbranched alkanes of at least 4 members (excludes halogenated alkanes) is 1. The molecule has 2 heterocycles. The van der Waals surface area contributed by atoms with E-state index in [2.05, 4.69) is 17.5 Å². The average Bonchev–Trinajstić information content (AvgIpc) is 3.28. The minimum atomic E-state index is -0.766. The number of allylic oxidation sites excluding steroid dienone is 2. The van der Waals surface area contributed by atoms with Crippen LogP contribution in [0.5, 0.6) is 0 Å². The molecule has 3 aliphatic rings. The number of aliphatic carboxylic acids is 1. The fourth-order valence-corrected chi connectivity index (χ4v) is 6.17. The normalized spacial score (nSPS) is 28.5. The van der Waals surface area contributed by atoms with E-state index in [1.54, 1.807) is 0 Å². The van der Waals surface area contributed by atoms with Crippen LogP contribution in [0.1, 0.15) is 76.2 Å². The highest BCUT2D eigenvalue weighted by Gasteiger charge is 2.46. The molecule has 6 atom stereocenters. The Morgan fingerprint density at radius 1 is 1.05 bits per heavy atom. The molecular weight excluding hydrogens is 566 g/mol. The van der Waals surface area contributed by atoms with Gasteiger partial charge < -0.3 is 34.1 Å². The van der Waals surface area contributed by atoms with E-state index in [1.165, 1.54) is 0 Å². The van der Waals surface area contributed by atoms with E-state index in [1.807, 2.05) is 24.3 Å². The molecule has 0 radical (unpaired) electrons. The number of ether oxygens (including phenoxy) is 5. The largest absolute Gasteiger partial charge is 0.481 e. The predicted molar refractivity (Wildman–Crippen MR) is 161 cm³/mol. The first-order valence-corrected chi connectivity index (χ1v) is 15.8. The van der Waals surface area contributed by atoms with Gasteiger partial charge in [0.15, 0.2) is 12.6 Å². The third-order valence-electron chi connectivity index (χ3n) is 7.97. The third kappa shape index (κ3) is 11.1. The van der Waals surface area contributed by atoms with Crippen molar-refractivity contribution in [2.75, 3.05) is 19.8 Å². The van der Waals surface area contributed by atoms with Crippen LogP contribution in [0.15, 0.2) is 36.4 Å². The SMILES string of the molecule is O=C(O)CCC/C=C\C[C@H]1[C@H](COC(=S)NCc2cccc(Cl)c2)[C@@H](OC2CCCCO2)C[C@H]1OC1CCCCO1. The van der Waals surface area contributed by atoms with Gasteiger partial charge in [0.1, 0.15) is 0 Å². The molecule has 41 heavy (non-hydrogen) atoms. The minimum absolute atomic E-state index is 0.0312. The van der Waals surface area contributed by atoms with Crippen molar-refractivity contribution in [1.29, 1.82) is 0 Å². The number of carboxylic acid groups (broad SMARTS) is 1. The van der Waals surface area contributed by atoms with Crippen LogP contribution in [-0.4, -0.2) is 60.9 Å². The lowest BCUT2D eigenvalue weighted by atomic mass is 9.90. The van der Waals surface area contributed by atoms with Gasteiger partial charge in [-0.05, 0) is 93.6 Å². The maximum Gasteiger partial charge on any atom is 0.303 e. The summed E-state index contributed by atoms with van der Waals surface area (Å²) in [7, 11) is 0. The van der Waals surface area contributed by atoms with Crippen molar-refractivity contribution in [2.24, 2.45) is 11.8 Å². The lowest BCUT2D eigenvalue weighted by molar-refractivity contribution is -0.204. The van der Waals surface area contributed by atoms with Crippen molar-refractivity contribution in [1.82, 2.24) is 5.32 Å². The smallest absolute Gasteiger partial charge is 0.303 e. The highest BCUT2D eigenvalue weighted by atomic mass is 35.5. The van der Waals surface area contributed by atoms with Crippen molar-refractivity contribution in [3.05, 3.63) is 47.0 Å². The van der Waals surface area contributed by atoms with Gasteiger partial charge in [-0.15, -0.1) is 0 Å². The summed E-state index contributed by atoms with van der Waals surface area (Å²) in [5.41, 5.74) is 1.02. The lowest BCUT2D eigenvalue weighted by Gasteiger charge is -2.31. The molecule has 0 bridgehead atoms. The number of benzene rings is 1. The zero-order valence-electron chi connectivity index (χ0n) is 23.7. The number of rotatable bonds is 14. The molecule has 2 N–H and O–H groups in total. The molecule has 10 heteroatoms. The molecule has 1 aromatic carbocycles. The molecule has 2 aliphatic heterocycles. The van der Waals surface area contributed by atoms with E-state index in [9.17, 15) is 4.79 Å². The van der Waals surface area contributed by atoms with Crippen molar-refractivity contribution in [2.45, 2.75) is 102 Å². The van der Waals surface area contributed by atoms with E-state index < -0.39 is 5.97 Å². The van der Waals surface area contributed by atoms with E-state index in [0.717, 1.165) is 70.0 Å². The maximum atomic E-state index is 10.9. The monoisotopic (exact) mass is 609 g/mol. The summed E-state index contributed by atoms with van der Waals surface area (Å²) in [5, 5.41) is 13.1. The third-order valence-corrected chi connectivity index (χ3v) is 8.46. The molecule has 0 spiro atoms. The number of nitrogens with one attached hydrogen (secondary N) is 1. The highest BCUT2D eigenvalue weighted by Crippen LogP contribution is 2.41. The van der Waals surface area contributed by atoms with Crippen molar-refractivity contribution in [3.63, 3.8) is 0 Å². The first-order valence-electron chi connectivity index (χ1n) is 15.0. The zero-order valence-corrected chi connectivity index (χ0v) is 25.3. The van der Waals surface area contributed by atoms with Gasteiger partial charge in [-0.2, -0.15) is 0 Å². The van der Waals surface area contributed by atoms with Gasteiger partial charge in [0.05, 0.1) is 18.8 Å². The van der Waals surface area contributed by atoms with Gasteiger partial charge in [0.25, 0.3) is 5.17 Å². The Kier molecular flexibility index (Phi) is 13.6. The molecule has 8 nitrogen and oxygen atoms in total. The Hall–Kier alpha value is -1.75. The Balaban J connectivity index is 1.42. The molecule has 0 amide bonds. The number of thiocarbonyl (C=S) groups is 1. The Bertz CT molecular complexity index is 983. The van der Waals surface area contributed by atoms with E-state index in [-0.39, 0.29) is 43.0 Å². The first kappa shape index (κ1) is 32.2. The van der Waals surface area contributed by atoms with Gasteiger partial charge in [-0.3, -0.25) is 4.79 Å². The molecule has 2 unspecified atom stereocenters. The summed E-state index contributed by atoms with van der Waals surface area (Å²) in [6.07, 6.45) is 12.7. The van der Waals surface area contributed by atoms with Crippen LogP contribution >= 0.6 is 23.8 Å². The van der Waals surface area contributed by atoms with Crippen LogP contribution in [0.2, 0.25) is 5.02 Å². The molecule has 228 valence electrons. The molecule has 4 rings (SSSR count). The average molecular weight is 610 g/mol.